The summed E-state index contributed by atoms with van der Waals surface area (Å²) in [4.78, 5) is 21.8. The minimum atomic E-state index is -1.49. The number of hydrogen-bond donors (Lipinski definition) is 1. The van der Waals surface area contributed by atoms with Crippen molar-refractivity contribution in [1.82, 2.24) is 0 Å². The maximum absolute atomic E-state index is 11.3. The summed E-state index contributed by atoms with van der Waals surface area (Å²) in [6, 6.07) is 4.37. The highest BCUT2D eigenvalue weighted by molar-refractivity contribution is 6.40. The molecule has 1 N–H and O–H groups in total. The summed E-state index contributed by atoms with van der Waals surface area (Å²) in [5.41, 5.74) is 0.575. The number of aliphatic carboxylic acids is 1. The molecule has 1 aromatic carbocycles. The van der Waals surface area contributed by atoms with Gasteiger partial charge in [0.15, 0.2) is 0 Å². The van der Waals surface area contributed by atoms with Gasteiger partial charge in [-0.3, -0.25) is 4.79 Å². The average molecular weight is 229 g/mol. The number of benzene rings is 1. The SMILES string of the molecule is COCc1cc(Cl)ccc1C(=O)C(=O)O. The van der Waals surface area contributed by atoms with Gasteiger partial charge in [-0.1, -0.05) is 11.6 Å². The molecule has 1 aromatic rings. The summed E-state index contributed by atoms with van der Waals surface area (Å²) < 4.78 is 4.85. The number of ether oxygens (including phenoxy) is 1. The molecule has 0 aliphatic heterocycles. The van der Waals surface area contributed by atoms with Crippen LogP contribution in [0.1, 0.15) is 15.9 Å². The van der Waals surface area contributed by atoms with Gasteiger partial charge in [0.1, 0.15) is 0 Å². The van der Waals surface area contributed by atoms with Crippen molar-refractivity contribution in [2.75, 3.05) is 7.11 Å². The van der Waals surface area contributed by atoms with Crippen molar-refractivity contribution < 1.29 is 19.4 Å². The second-order valence-electron chi connectivity index (χ2n) is 2.87. The second-order valence-corrected chi connectivity index (χ2v) is 3.31. The summed E-state index contributed by atoms with van der Waals surface area (Å²) in [5, 5.41) is 9.01. The van der Waals surface area contributed by atoms with E-state index in [4.69, 9.17) is 21.4 Å². The summed E-state index contributed by atoms with van der Waals surface area (Å²) in [5.74, 6) is -2.45. The molecule has 0 fully saturated rings. The number of carboxylic acid groups (broad SMARTS) is 1. The number of carbonyl (C=O) groups excluding carboxylic acids is 1. The van der Waals surface area contributed by atoms with Gasteiger partial charge in [0.05, 0.1) is 6.61 Å². The minimum Gasteiger partial charge on any atom is -0.475 e. The van der Waals surface area contributed by atoms with Crippen LogP contribution in [0.25, 0.3) is 0 Å². The van der Waals surface area contributed by atoms with E-state index in [1.165, 1.54) is 25.3 Å². The summed E-state index contributed by atoms with van der Waals surface area (Å²) in [6.07, 6.45) is 0. The third kappa shape index (κ3) is 2.78. The lowest BCUT2D eigenvalue weighted by atomic mass is 10.0. The zero-order chi connectivity index (χ0) is 11.4. The topological polar surface area (TPSA) is 63.6 Å². The largest absolute Gasteiger partial charge is 0.475 e. The van der Waals surface area contributed by atoms with E-state index in [0.717, 1.165) is 0 Å². The normalized spacial score (nSPS) is 10.0. The van der Waals surface area contributed by atoms with E-state index in [1.54, 1.807) is 0 Å². The van der Waals surface area contributed by atoms with Gasteiger partial charge >= 0.3 is 5.97 Å². The third-order valence-electron chi connectivity index (χ3n) is 1.81. The number of methoxy groups -OCH3 is 1. The number of carboxylic acids is 1. The van der Waals surface area contributed by atoms with E-state index in [0.29, 0.717) is 10.6 Å². The Labute approximate surface area is 91.4 Å². The Morgan fingerprint density at radius 2 is 2.13 bits per heavy atom. The van der Waals surface area contributed by atoms with Gasteiger partial charge in [0.25, 0.3) is 5.78 Å². The van der Waals surface area contributed by atoms with Crippen LogP contribution in [0, 0.1) is 0 Å². The minimum absolute atomic E-state index is 0.105. The molecule has 80 valence electrons. The zero-order valence-electron chi connectivity index (χ0n) is 7.99. The molecule has 0 bridgehead atoms. The molecule has 0 aliphatic carbocycles. The van der Waals surface area contributed by atoms with Gasteiger partial charge in [-0.05, 0) is 23.8 Å². The smallest absolute Gasteiger partial charge is 0.377 e. The lowest BCUT2D eigenvalue weighted by Gasteiger charge is -2.05. The number of halogens is 1. The molecule has 0 aromatic heterocycles. The number of Topliss-reactive ketones (excluding diaryl/α,β-unsaturated/α-hetero) is 1. The van der Waals surface area contributed by atoms with Gasteiger partial charge in [-0.15, -0.1) is 0 Å². The molecule has 0 unspecified atom stereocenters. The van der Waals surface area contributed by atoms with Crippen molar-refractivity contribution in [3.8, 4) is 0 Å². The molecule has 0 spiro atoms. The van der Waals surface area contributed by atoms with Gasteiger partial charge in [0.2, 0.25) is 0 Å². The highest BCUT2D eigenvalue weighted by atomic mass is 35.5. The van der Waals surface area contributed by atoms with E-state index in [1.807, 2.05) is 0 Å². The lowest BCUT2D eigenvalue weighted by molar-refractivity contribution is -0.131. The van der Waals surface area contributed by atoms with Crippen LogP contribution < -0.4 is 0 Å². The molecule has 1 rings (SSSR count). The van der Waals surface area contributed by atoms with E-state index >= 15 is 0 Å². The third-order valence-corrected chi connectivity index (χ3v) is 2.04. The molecule has 0 radical (unpaired) electrons. The maximum Gasteiger partial charge on any atom is 0.377 e. The Hall–Kier alpha value is -1.39. The first kappa shape index (κ1) is 11.7. The lowest BCUT2D eigenvalue weighted by Crippen LogP contribution is -2.15. The molecular formula is C10H9ClO4. The van der Waals surface area contributed by atoms with Crippen molar-refractivity contribution in [2.45, 2.75) is 6.61 Å². The fourth-order valence-corrected chi connectivity index (χ4v) is 1.37. The monoisotopic (exact) mass is 228 g/mol. The summed E-state index contributed by atoms with van der Waals surface area (Å²) >= 11 is 5.72. The van der Waals surface area contributed by atoms with E-state index < -0.39 is 11.8 Å². The fraction of sp³-hybridized carbons (Fsp3) is 0.200. The highest BCUT2D eigenvalue weighted by Gasteiger charge is 2.18. The maximum atomic E-state index is 11.3. The number of ketones is 1. The van der Waals surface area contributed by atoms with Crippen LogP contribution in [0.2, 0.25) is 5.02 Å². The molecule has 0 saturated carbocycles. The van der Waals surface area contributed by atoms with Crippen LogP contribution in [0.3, 0.4) is 0 Å². The quantitative estimate of drug-likeness (QED) is 0.630. The van der Waals surface area contributed by atoms with Crippen LogP contribution in [-0.4, -0.2) is 24.0 Å². The van der Waals surface area contributed by atoms with Crippen LogP contribution >= 0.6 is 11.6 Å². The highest BCUT2D eigenvalue weighted by Crippen LogP contribution is 2.17. The fourth-order valence-electron chi connectivity index (χ4n) is 1.17. The molecule has 0 amide bonds. The van der Waals surface area contributed by atoms with E-state index in [-0.39, 0.29) is 12.2 Å². The molecular weight excluding hydrogens is 220 g/mol. The predicted molar refractivity (Wildman–Crippen MR) is 54.1 cm³/mol. The predicted octanol–water partition coefficient (Wildman–Crippen LogP) is 1.75. The first-order valence-electron chi connectivity index (χ1n) is 4.11. The van der Waals surface area contributed by atoms with Gasteiger partial charge in [-0.25, -0.2) is 4.79 Å². The van der Waals surface area contributed by atoms with E-state index in [2.05, 4.69) is 0 Å². The Kier molecular flexibility index (Phi) is 3.82. The molecule has 4 nitrogen and oxygen atoms in total. The van der Waals surface area contributed by atoms with Gasteiger partial charge in [0, 0.05) is 17.7 Å². The van der Waals surface area contributed by atoms with Gasteiger partial charge in [-0.2, -0.15) is 0 Å². The van der Waals surface area contributed by atoms with Crippen molar-refractivity contribution in [1.29, 1.82) is 0 Å². The summed E-state index contributed by atoms with van der Waals surface area (Å²) in [7, 11) is 1.45. The van der Waals surface area contributed by atoms with Crippen molar-refractivity contribution in [2.24, 2.45) is 0 Å². The van der Waals surface area contributed by atoms with Crippen LogP contribution in [-0.2, 0) is 16.1 Å². The average Bonchev–Trinajstić information content (AvgIpc) is 2.17. The summed E-state index contributed by atoms with van der Waals surface area (Å²) in [6.45, 7) is 0.148. The zero-order valence-corrected chi connectivity index (χ0v) is 8.75. The van der Waals surface area contributed by atoms with Crippen LogP contribution in [0.5, 0.6) is 0 Å². The number of carbonyl (C=O) groups is 2. The Morgan fingerprint density at radius 3 is 2.67 bits per heavy atom. The molecule has 0 saturated heterocycles. The molecule has 15 heavy (non-hydrogen) atoms. The standard InChI is InChI=1S/C10H9ClO4/c1-15-5-6-4-7(11)2-3-8(6)9(12)10(13)14/h2-4H,5H2,1H3,(H,13,14). The van der Waals surface area contributed by atoms with Crippen molar-refractivity contribution in [3.05, 3.63) is 34.3 Å². The first-order chi connectivity index (χ1) is 7.06. The Bertz CT molecular complexity index is 400. The molecule has 5 heteroatoms. The van der Waals surface area contributed by atoms with Crippen LogP contribution in [0.15, 0.2) is 18.2 Å². The van der Waals surface area contributed by atoms with Crippen molar-refractivity contribution in [3.63, 3.8) is 0 Å². The Morgan fingerprint density at radius 1 is 1.47 bits per heavy atom. The molecule has 0 aliphatic rings. The van der Waals surface area contributed by atoms with Gasteiger partial charge < -0.3 is 9.84 Å². The molecule has 0 heterocycles. The molecule has 0 atom stereocenters. The first-order valence-corrected chi connectivity index (χ1v) is 4.49. The second kappa shape index (κ2) is 4.91. The number of hydrogen-bond acceptors (Lipinski definition) is 3. The Balaban J connectivity index is 3.16. The van der Waals surface area contributed by atoms with Crippen LogP contribution in [0.4, 0.5) is 0 Å². The van der Waals surface area contributed by atoms with E-state index in [9.17, 15) is 9.59 Å². The van der Waals surface area contributed by atoms with Crippen molar-refractivity contribution >= 4 is 23.4 Å². The number of rotatable bonds is 4.